The summed E-state index contributed by atoms with van der Waals surface area (Å²) in [5.74, 6) is -0.625. The van der Waals surface area contributed by atoms with Crippen molar-refractivity contribution in [1.29, 1.82) is 0 Å². The van der Waals surface area contributed by atoms with Crippen LogP contribution in [0.2, 0.25) is 0 Å². The van der Waals surface area contributed by atoms with Gasteiger partial charge in [0.15, 0.2) is 0 Å². The Balaban J connectivity index is 2.44. The van der Waals surface area contributed by atoms with Gasteiger partial charge in [0.25, 0.3) is 11.8 Å². The first-order valence-corrected chi connectivity index (χ1v) is 5.37. The zero-order chi connectivity index (χ0) is 11.5. The van der Waals surface area contributed by atoms with E-state index in [0.717, 1.165) is 24.0 Å². The second-order valence-electron chi connectivity index (χ2n) is 3.78. The zero-order valence-corrected chi connectivity index (χ0v) is 9.12. The summed E-state index contributed by atoms with van der Waals surface area (Å²) < 4.78 is 0. The maximum Gasteiger partial charge on any atom is 0.258 e. The molecule has 0 aliphatic carbocycles. The van der Waals surface area contributed by atoms with Gasteiger partial charge in [-0.2, -0.15) is 0 Å². The van der Waals surface area contributed by atoms with Crippen LogP contribution in [0.3, 0.4) is 0 Å². The van der Waals surface area contributed by atoms with Gasteiger partial charge in [0, 0.05) is 6.08 Å². The highest BCUT2D eigenvalue weighted by atomic mass is 16.2. The fraction of sp³-hybridized carbons (Fsp3) is 0.231. The van der Waals surface area contributed by atoms with Crippen molar-refractivity contribution in [1.82, 2.24) is 5.32 Å². The van der Waals surface area contributed by atoms with E-state index in [9.17, 15) is 9.59 Å². The lowest BCUT2D eigenvalue weighted by Gasteiger charge is -2.07. The molecule has 3 heteroatoms. The van der Waals surface area contributed by atoms with E-state index in [4.69, 9.17) is 0 Å². The van der Waals surface area contributed by atoms with E-state index in [0.29, 0.717) is 5.57 Å². The lowest BCUT2D eigenvalue weighted by atomic mass is 9.97. The van der Waals surface area contributed by atoms with E-state index in [1.165, 1.54) is 6.08 Å². The normalized spacial score (nSPS) is 14.9. The fourth-order valence-corrected chi connectivity index (χ4v) is 1.88. The molecular formula is C13H13NO2. The van der Waals surface area contributed by atoms with Crippen LogP contribution in [0, 0.1) is 0 Å². The minimum Gasteiger partial charge on any atom is -0.289 e. The highest BCUT2D eigenvalue weighted by Gasteiger charge is 2.23. The summed E-state index contributed by atoms with van der Waals surface area (Å²) in [4.78, 5) is 22.6. The zero-order valence-electron chi connectivity index (χ0n) is 9.12. The van der Waals surface area contributed by atoms with Crippen molar-refractivity contribution in [3.05, 3.63) is 41.5 Å². The molecule has 0 saturated carbocycles. The molecule has 2 rings (SSSR count). The van der Waals surface area contributed by atoms with Crippen LogP contribution in [0.4, 0.5) is 0 Å². The topological polar surface area (TPSA) is 46.2 Å². The largest absolute Gasteiger partial charge is 0.289 e. The van der Waals surface area contributed by atoms with E-state index >= 15 is 0 Å². The molecule has 3 nitrogen and oxygen atoms in total. The molecule has 1 aromatic rings. The van der Waals surface area contributed by atoms with Crippen molar-refractivity contribution in [3.8, 4) is 0 Å². The van der Waals surface area contributed by atoms with Crippen molar-refractivity contribution in [2.75, 3.05) is 0 Å². The van der Waals surface area contributed by atoms with Gasteiger partial charge >= 0.3 is 0 Å². The van der Waals surface area contributed by atoms with Crippen LogP contribution >= 0.6 is 0 Å². The van der Waals surface area contributed by atoms with E-state index in [1.54, 1.807) is 0 Å². The fourth-order valence-electron chi connectivity index (χ4n) is 1.88. The Hall–Kier alpha value is -1.90. The van der Waals surface area contributed by atoms with Crippen LogP contribution < -0.4 is 5.32 Å². The van der Waals surface area contributed by atoms with Crippen LogP contribution in [0.25, 0.3) is 5.57 Å². The lowest BCUT2D eigenvalue weighted by molar-refractivity contribution is -0.123. The predicted molar refractivity (Wildman–Crippen MR) is 61.6 cm³/mol. The van der Waals surface area contributed by atoms with E-state index in [2.05, 4.69) is 12.2 Å². The summed E-state index contributed by atoms with van der Waals surface area (Å²) in [6, 6.07) is 7.71. The van der Waals surface area contributed by atoms with Crippen LogP contribution in [0.1, 0.15) is 24.5 Å². The Morgan fingerprint density at radius 2 is 1.94 bits per heavy atom. The van der Waals surface area contributed by atoms with E-state index < -0.39 is 0 Å². The SMILES string of the molecule is CCCc1ccccc1C1=CC(=O)NC1=O. The molecule has 0 fully saturated rings. The number of hydrogen-bond donors (Lipinski definition) is 1. The summed E-state index contributed by atoms with van der Waals surface area (Å²) in [7, 11) is 0. The molecule has 0 atom stereocenters. The first-order chi connectivity index (χ1) is 7.72. The molecule has 2 amide bonds. The van der Waals surface area contributed by atoms with Crippen molar-refractivity contribution >= 4 is 17.4 Å². The molecule has 1 heterocycles. The molecule has 0 saturated heterocycles. The highest BCUT2D eigenvalue weighted by molar-refractivity contribution is 6.33. The average Bonchev–Trinajstić information content (AvgIpc) is 2.59. The molecule has 1 N–H and O–H groups in total. The van der Waals surface area contributed by atoms with Gasteiger partial charge in [0.1, 0.15) is 0 Å². The quantitative estimate of drug-likeness (QED) is 0.780. The molecule has 0 radical (unpaired) electrons. The molecule has 1 aliphatic rings. The number of hydrogen-bond acceptors (Lipinski definition) is 2. The van der Waals surface area contributed by atoms with Gasteiger partial charge in [-0.3, -0.25) is 14.9 Å². The van der Waals surface area contributed by atoms with Gasteiger partial charge in [-0.25, -0.2) is 0 Å². The van der Waals surface area contributed by atoms with Crippen molar-refractivity contribution in [2.45, 2.75) is 19.8 Å². The molecule has 16 heavy (non-hydrogen) atoms. The average molecular weight is 215 g/mol. The third-order valence-corrected chi connectivity index (χ3v) is 2.58. The number of rotatable bonds is 3. The number of benzene rings is 1. The monoisotopic (exact) mass is 215 g/mol. The van der Waals surface area contributed by atoms with Crippen LogP contribution in [-0.2, 0) is 16.0 Å². The molecule has 0 bridgehead atoms. The molecule has 1 aliphatic heterocycles. The number of carbonyl (C=O) groups is 2. The van der Waals surface area contributed by atoms with Gasteiger partial charge < -0.3 is 0 Å². The van der Waals surface area contributed by atoms with Gasteiger partial charge in [-0.15, -0.1) is 0 Å². The molecule has 82 valence electrons. The highest BCUT2D eigenvalue weighted by Crippen LogP contribution is 2.23. The number of imide groups is 1. The van der Waals surface area contributed by atoms with Crippen LogP contribution in [-0.4, -0.2) is 11.8 Å². The Bertz CT molecular complexity index is 475. The van der Waals surface area contributed by atoms with Gasteiger partial charge in [-0.05, 0) is 17.5 Å². The molecule has 0 unspecified atom stereocenters. The predicted octanol–water partition coefficient (Wildman–Crippen LogP) is 1.68. The van der Waals surface area contributed by atoms with Crippen molar-refractivity contribution < 1.29 is 9.59 Å². The summed E-state index contributed by atoms with van der Waals surface area (Å²) in [6.07, 6.45) is 3.30. The number of nitrogens with one attached hydrogen (secondary N) is 1. The summed E-state index contributed by atoms with van der Waals surface area (Å²) in [5.41, 5.74) is 2.46. The minimum atomic E-state index is -0.327. The number of amides is 2. The Morgan fingerprint density at radius 1 is 1.19 bits per heavy atom. The molecular weight excluding hydrogens is 202 g/mol. The summed E-state index contributed by atoms with van der Waals surface area (Å²) in [6.45, 7) is 2.09. The van der Waals surface area contributed by atoms with Crippen LogP contribution in [0.15, 0.2) is 30.3 Å². The smallest absolute Gasteiger partial charge is 0.258 e. The second-order valence-corrected chi connectivity index (χ2v) is 3.78. The van der Waals surface area contributed by atoms with Crippen LogP contribution in [0.5, 0.6) is 0 Å². The molecule has 1 aromatic carbocycles. The van der Waals surface area contributed by atoms with Gasteiger partial charge in [-0.1, -0.05) is 37.6 Å². The summed E-state index contributed by atoms with van der Waals surface area (Å²) in [5, 5.41) is 2.26. The Kier molecular flexibility index (Phi) is 2.86. The lowest BCUT2D eigenvalue weighted by Crippen LogP contribution is -2.22. The maximum atomic E-state index is 11.5. The first kappa shape index (κ1) is 10.6. The molecule has 0 spiro atoms. The minimum absolute atomic E-state index is 0.298. The van der Waals surface area contributed by atoms with Gasteiger partial charge in [0.2, 0.25) is 0 Å². The summed E-state index contributed by atoms with van der Waals surface area (Å²) >= 11 is 0. The standard InChI is InChI=1S/C13H13NO2/c1-2-5-9-6-3-4-7-10(9)11-8-12(15)14-13(11)16/h3-4,6-8H,2,5H2,1H3,(H,14,15,16). The number of aryl methyl sites for hydroxylation is 1. The first-order valence-electron chi connectivity index (χ1n) is 5.37. The van der Waals surface area contributed by atoms with Crippen molar-refractivity contribution in [3.63, 3.8) is 0 Å². The maximum absolute atomic E-state index is 11.5. The van der Waals surface area contributed by atoms with Gasteiger partial charge in [0.05, 0.1) is 5.57 Å². The third kappa shape index (κ3) is 1.89. The molecule has 0 aromatic heterocycles. The van der Waals surface area contributed by atoms with E-state index in [-0.39, 0.29) is 11.8 Å². The number of carbonyl (C=O) groups excluding carboxylic acids is 2. The van der Waals surface area contributed by atoms with E-state index in [1.807, 2.05) is 24.3 Å². The second kappa shape index (κ2) is 4.31. The Morgan fingerprint density at radius 3 is 2.56 bits per heavy atom. The third-order valence-electron chi connectivity index (χ3n) is 2.58. The van der Waals surface area contributed by atoms with Crippen molar-refractivity contribution in [2.24, 2.45) is 0 Å². The Labute approximate surface area is 94.2 Å².